The molecule has 1 heterocycles. The number of nitrogens with zero attached hydrogens (tertiary/aromatic N) is 2. The molecule has 0 aliphatic carbocycles. The van der Waals surface area contributed by atoms with Crippen LogP contribution in [0.2, 0.25) is 0 Å². The van der Waals surface area contributed by atoms with E-state index in [0.29, 0.717) is 17.9 Å². The molecule has 0 aliphatic heterocycles. The van der Waals surface area contributed by atoms with Crippen molar-refractivity contribution >= 4 is 11.6 Å². The second-order valence-electron chi connectivity index (χ2n) is 5.18. The number of amides is 1. The summed E-state index contributed by atoms with van der Waals surface area (Å²) in [5.74, 6) is 0.514. The first-order chi connectivity index (χ1) is 11.0. The van der Waals surface area contributed by atoms with Crippen LogP contribution in [-0.4, -0.2) is 44.5 Å². The van der Waals surface area contributed by atoms with Crippen molar-refractivity contribution in [3.05, 3.63) is 41.5 Å². The molecule has 0 saturated heterocycles. The van der Waals surface area contributed by atoms with Crippen LogP contribution < -0.4 is 10.6 Å². The zero-order valence-electron chi connectivity index (χ0n) is 13.1. The van der Waals surface area contributed by atoms with E-state index >= 15 is 0 Å². The third-order valence-corrected chi connectivity index (χ3v) is 3.22. The van der Waals surface area contributed by atoms with E-state index in [2.05, 4.69) is 25.8 Å². The highest BCUT2D eigenvalue weighted by atomic mass is 16.3. The molecule has 0 radical (unpaired) electrons. The zero-order chi connectivity index (χ0) is 16.8. The van der Waals surface area contributed by atoms with E-state index < -0.39 is 6.10 Å². The number of rotatable bonds is 7. The number of aromatic amines is 1. The largest absolute Gasteiger partial charge is 0.395 e. The third kappa shape index (κ3) is 4.51. The Balaban J connectivity index is 2.02. The number of carbonyl (C=O) groups excluding carboxylic acids is 1. The number of hydrogen-bond acceptors (Lipinski definition) is 6. The number of nitrogens with one attached hydrogen (secondary N) is 3. The Morgan fingerprint density at radius 1 is 1.39 bits per heavy atom. The van der Waals surface area contributed by atoms with Crippen LogP contribution in [0.25, 0.3) is 0 Å². The highest BCUT2D eigenvalue weighted by Gasteiger charge is 2.16. The number of carbonyl (C=O) groups is 1. The minimum absolute atomic E-state index is 0.0184. The number of aliphatic hydroxyl groups is 2. The van der Waals surface area contributed by atoms with Crippen LogP contribution in [0.15, 0.2) is 24.3 Å². The van der Waals surface area contributed by atoms with Crippen molar-refractivity contribution in [3.63, 3.8) is 0 Å². The molecule has 23 heavy (non-hydrogen) atoms. The quantitative estimate of drug-likeness (QED) is 0.513. The average molecular weight is 319 g/mol. The number of hydrogen-bond donors (Lipinski definition) is 5. The predicted molar refractivity (Wildman–Crippen MR) is 84.9 cm³/mol. The van der Waals surface area contributed by atoms with E-state index in [1.165, 1.54) is 0 Å². The lowest BCUT2D eigenvalue weighted by Gasteiger charge is -2.12. The first kappa shape index (κ1) is 16.9. The SMILES string of the molecule is CC(O)c1n[nH]c(C(C)NC(=O)c2cccc(NCCO)c2)n1. The van der Waals surface area contributed by atoms with Gasteiger partial charge in [-0.3, -0.25) is 9.89 Å². The fourth-order valence-electron chi connectivity index (χ4n) is 1.99. The Kier molecular flexibility index (Phi) is 5.67. The number of aliphatic hydroxyl groups excluding tert-OH is 2. The summed E-state index contributed by atoms with van der Waals surface area (Å²) in [6.07, 6.45) is -0.766. The van der Waals surface area contributed by atoms with E-state index in [9.17, 15) is 9.90 Å². The molecule has 124 valence electrons. The number of benzene rings is 1. The fourth-order valence-corrected chi connectivity index (χ4v) is 1.99. The molecule has 2 rings (SSSR count). The van der Waals surface area contributed by atoms with Crippen LogP contribution in [0.5, 0.6) is 0 Å². The first-order valence-corrected chi connectivity index (χ1v) is 7.37. The number of anilines is 1. The number of aromatic nitrogens is 3. The predicted octanol–water partition coefficient (Wildman–Crippen LogP) is 0.753. The van der Waals surface area contributed by atoms with Gasteiger partial charge in [0.05, 0.1) is 12.6 Å². The molecule has 1 aromatic heterocycles. The lowest BCUT2D eigenvalue weighted by Crippen LogP contribution is -2.27. The van der Waals surface area contributed by atoms with Gasteiger partial charge in [0.2, 0.25) is 0 Å². The summed E-state index contributed by atoms with van der Waals surface area (Å²) in [6, 6.07) is 6.62. The van der Waals surface area contributed by atoms with Gasteiger partial charge in [-0.25, -0.2) is 4.98 Å². The Hall–Kier alpha value is -2.45. The topological polar surface area (TPSA) is 123 Å². The van der Waals surface area contributed by atoms with Crippen molar-refractivity contribution in [1.29, 1.82) is 0 Å². The highest BCUT2D eigenvalue weighted by molar-refractivity contribution is 5.95. The van der Waals surface area contributed by atoms with E-state index in [-0.39, 0.29) is 24.4 Å². The summed E-state index contributed by atoms with van der Waals surface area (Å²) in [5.41, 5.74) is 1.26. The molecule has 0 saturated carbocycles. The van der Waals surface area contributed by atoms with Crippen LogP contribution in [0.3, 0.4) is 0 Å². The maximum Gasteiger partial charge on any atom is 0.251 e. The Labute approximate surface area is 134 Å². The monoisotopic (exact) mass is 319 g/mol. The summed E-state index contributed by atoms with van der Waals surface area (Å²) in [6.45, 7) is 3.78. The molecule has 5 N–H and O–H groups in total. The standard InChI is InChI=1S/C15H21N5O3/c1-9(13-18-14(10(2)22)20-19-13)17-15(23)11-4-3-5-12(8-11)16-6-7-21/h3-5,8-10,16,21-22H,6-7H2,1-2H3,(H,17,23)(H,18,19,20). The van der Waals surface area contributed by atoms with Gasteiger partial charge >= 0.3 is 0 Å². The number of H-pyrrole nitrogens is 1. The van der Waals surface area contributed by atoms with Crippen LogP contribution in [0.1, 0.15) is 48.0 Å². The summed E-state index contributed by atoms with van der Waals surface area (Å²) in [7, 11) is 0. The Morgan fingerprint density at radius 3 is 2.83 bits per heavy atom. The second kappa shape index (κ2) is 7.70. The average Bonchev–Trinajstić information content (AvgIpc) is 3.03. The lowest BCUT2D eigenvalue weighted by molar-refractivity contribution is 0.0938. The molecule has 1 amide bonds. The third-order valence-electron chi connectivity index (χ3n) is 3.22. The van der Waals surface area contributed by atoms with Crippen molar-refractivity contribution in [2.24, 2.45) is 0 Å². The molecule has 2 atom stereocenters. The molecule has 0 fully saturated rings. The molecule has 2 unspecified atom stereocenters. The van der Waals surface area contributed by atoms with Crippen LogP contribution in [-0.2, 0) is 0 Å². The first-order valence-electron chi connectivity index (χ1n) is 7.37. The van der Waals surface area contributed by atoms with Crippen molar-refractivity contribution in [1.82, 2.24) is 20.5 Å². The fraction of sp³-hybridized carbons (Fsp3) is 0.400. The van der Waals surface area contributed by atoms with Crippen LogP contribution in [0, 0.1) is 0 Å². The Morgan fingerprint density at radius 2 is 2.17 bits per heavy atom. The van der Waals surface area contributed by atoms with E-state index in [0.717, 1.165) is 5.69 Å². The molecule has 0 aliphatic rings. The normalized spacial score (nSPS) is 13.4. The van der Waals surface area contributed by atoms with Gasteiger partial charge in [-0.15, -0.1) is 0 Å². The van der Waals surface area contributed by atoms with Gasteiger partial charge in [-0.1, -0.05) is 6.07 Å². The summed E-state index contributed by atoms with van der Waals surface area (Å²) in [5, 5.41) is 30.7. The van der Waals surface area contributed by atoms with E-state index in [1.54, 1.807) is 32.0 Å². The van der Waals surface area contributed by atoms with Crippen LogP contribution in [0.4, 0.5) is 5.69 Å². The van der Waals surface area contributed by atoms with Gasteiger partial charge in [0, 0.05) is 17.8 Å². The van der Waals surface area contributed by atoms with Gasteiger partial charge < -0.3 is 20.8 Å². The summed E-state index contributed by atoms with van der Waals surface area (Å²) < 4.78 is 0. The molecule has 1 aromatic carbocycles. The van der Waals surface area contributed by atoms with Gasteiger partial charge in [0.15, 0.2) is 5.82 Å². The maximum atomic E-state index is 12.3. The van der Waals surface area contributed by atoms with Crippen LogP contribution >= 0.6 is 0 Å². The summed E-state index contributed by atoms with van der Waals surface area (Å²) in [4.78, 5) is 16.4. The van der Waals surface area contributed by atoms with Gasteiger partial charge in [0.1, 0.15) is 11.9 Å². The van der Waals surface area contributed by atoms with E-state index in [4.69, 9.17) is 5.11 Å². The molecule has 0 spiro atoms. The molecule has 8 heteroatoms. The lowest BCUT2D eigenvalue weighted by atomic mass is 10.1. The summed E-state index contributed by atoms with van der Waals surface area (Å²) >= 11 is 0. The molecule has 8 nitrogen and oxygen atoms in total. The maximum absolute atomic E-state index is 12.3. The van der Waals surface area contributed by atoms with Crippen molar-refractivity contribution in [2.75, 3.05) is 18.5 Å². The van der Waals surface area contributed by atoms with Crippen molar-refractivity contribution < 1.29 is 15.0 Å². The minimum Gasteiger partial charge on any atom is -0.395 e. The highest BCUT2D eigenvalue weighted by Crippen LogP contribution is 2.14. The van der Waals surface area contributed by atoms with E-state index in [1.807, 2.05) is 6.07 Å². The molecule has 2 aromatic rings. The Bertz CT molecular complexity index is 656. The molecule has 0 bridgehead atoms. The van der Waals surface area contributed by atoms with Crippen molar-refractivity contribution in [2.45, 2.75) is 26.0 Å². The van der Waals surface area contributed by atoms with Gasteiger partial charge in [-0.2, -0.15) is 5.10 Å². The smallest absolute Gasteiger partial charge is 0.251 e. The minimum atomic E-state index is -0.766. The molecular formula is C15H21N5O3. The zero-order valence-corrected chi connectivity index (χ0v) is 13.1. The second-order valence-corrected chi connectivity index (χ2v) is 5.18. The van der Waals surface area contributed by atoms with Gasteiger partial charge in [-0.05, 0) is 32.0 Å². The van der Waals surface area contributed by atoms with Crippen molar-refractivity contribution in [3.8, 4) is 0 Å². The molecular weight excluding hydrogens is 298 g/mol. The van der Waals surface area contributed by atoms with Gasteiger partial charge in [0.25, 0.3) is 5.91 Å².